The SMILES string of the molecule is C=C(CCCc1ccc(C)cc1)N(CCC)c1cc(C)n(Cc2cc(C)ccc2C)n1. The van der Waals surface area contributed by atoms with Crippen LogP contribution in [0, 0.1) is 27.7 Å². The maximum atomic E-state index is 4.97. The van der Waals surface area contributed by atoms with Gasteiger partial charge in [0.15, 0.2) is 5.82 Å². The van der Waals surface area contributed by atoms with E-state index in [1.54, 1.807) is 0 Å². The number of allylic oxidation sites excluding steroid dienone is 1. The first kappa shape index (κ1) is 22.9. The Bertz CT molecular complexity index is 1010. The second-order valence-electron chi connectivity index (χ2n) is 8.79. The zero-order valence-electron chi connectivity index (χ0n) is 19.9. The van der Waals surface area contributed by atoms with E-state index in [9.17, 15) is 0 Å². The molecule has 0 bridgehead atoms. The van der Waals surface area contributed by atoms with Gasteiger partial charge >= 0.3 is 0 Å². The zero-order chi connectivity index (χ0) is 22.4. The number of benzene rings is 2. The van der Waals surface area contributed by atoms with Gasteiger partial charge in [-0.2, -0.15) is 5.10 Å². The number of hydrogen-bond acceptors (Lipinski definition) is 2. The van der Waals surface area contributed by atoms with Crippen molar-refractivity contribution in [1.82, 2.24) is 9.78 Å². The van der Waals surface area contributed by atoms with Crippen LogP contribution in [0.25, 0.3) is 0 Å². The van der Waals surface area contributed by atoms with Gasteiger partial charge in [-0.05, 0) is 70.1 Å². The summed E-state index contributed by atoms with van der Waals surface area (Å²) in [5.41, 5.74) is 8.99. The van der Waals surface area contributed by atoms with Crippen LogP contribution in [0.3, 0.4) is 0 Å². The third-order valence-electron chi connectivity index (χ3n) is 5.95. The summed E-state index contributed by atoms with van der Waals surface area (Å²) < 4.78 is 2.12. The van der Waals surface area contributed by atoms with Gasteiger partial charge in [0, 0.05) is 24.0 Å². The quantitative estimate of drug-likeness (QED) is 0.358. The highest BCUT2D eigenvalue weighted by atomic mass is 15.4. The Hall–Kier alpha value is -2.81. The summed E-state index contributed by atoms with van der Waals surface area (Å²) >= 11 is 0. The fourth-order valence-electron chi connectivity index (χ4n) is 3.96. The molecule has 164 valence electrons. The van der Waals surface area contributed by atoms with Crippen LogP contribution >= 0.6 is 0 Å². The van der Waals surface area contributed by atoms with Crippen molar-refractivity contribution in [2.75, 3.05) is 11.4 Å². The van der Waals surface area contributed by atoms with Crippen LogP contribution in [-0.4, -0.2) is 16.3 Å². The Morgan fingerprint density at radius 1 is 0.968 bits per heavy atom. The minimum absolute atomic E-state index is 0.805. The Morgan fingerprint density at radius 2 is 1.68 bits per heavy atom. The van der Waals surface area contributed by atoms with Gasteiger partial charge < -0.3 is 4.90 Å². The van der Waals surface area contributed by atoms with E-state index < -0.39 is 0 Å². The zero-order valence-corrected chi connectivity index (χ0v) is 19.9. The number of rotatable bonds is 10. The van der Waals surface area contributed by atoms with Crippen LogP contribution in [0.2, 0.25) is 0 Å². The summed E-state index contributed by atoms with van der Waals surface area (Å²) in [5.74, 6) is 1.02. The number of hydrogen-bond donors (Lipinski definition) is 0. The predicted octanol–water partition coefficient (Wildman–Crippen LogP) is 6.92. The minimum atomic E-state index is 0.805. The van der Waals surface area contributed by atoms with E-state index in [1.165, 1.54) is 33.5 Å². The molecule has 3 rings (SSSR count). The molecule has 0 saturated carbocycles. The normalized spacial score (nSPS) is 11.0. The highest BCUT2D eigenvalue weighted by molar-refractivity contribution is 5.46. The summed E-state index contributed by atoms with van der Waals surface area (Å²) in [4.78, 5) is 2.31. The molecule has 0 aliphatic rings. The van der Waals surface area contributed by atoms with Crippen LogP contribution in [-0.2, 0) is 13.0 Å². The average Bonchev–Trinajstić information content (AvgIpc) is 3.10. The lowest BCUT2D eigenvalue weighted by atomic mass is 10.1. The Labute approximate surface area is 188 Å². The van der Waals surface area contributed by atoms with E-state index in [2.05, 4.69) is 99.3 Å². The number of nitrogens with zero attached hydrogens (tertiary/aromatic N) is 3. The molecule has 0 N–H and O–H groups in total. The molecule has 0 saturated heterocycles. The lowest BCUT2D eigenvalue weighted by Crippen LogP contribution is -2.23. The monoisotopic (exact) mass is 415 g/mol. The van der Waals surface area contributed by atoms with Crippen LogP contribution in [0.15, 0.2) is 60.8 Å². The second-order valence-corrected chi connectivity index (χ2v) is 8.79. The molecule has 3 nitrogen and oxygen atoms in total. The topological polar surface area (TPSA) is 21.1 Å². The Kier molecular flexibility index (Phi) is 7.73. The second kappa shape index (κ2) is 10.5. The number of aryl methyl sites for hydroxylation is 5. The number of aromatic nitrogens is 2. The van der Waals surface area contributed by atoms with Gasteiger partial charge in [-0.15, -0.1) is 0 Å². The van der Waals surface area contributed by atoms with Gasteiger partial charge in [0.2, 0.25) is 0 Å². The molecule has 0 aliphatic carbocycles. The first-order chi connectivity index (χ1) is 14.9. The first-order valence-corrected chi connectivity index (χ1v) is 11.5. The van der Waals surface area contributed by atoms with Gasteiger partial charge in [-0.3, -0.25) is 4.68 Å². The van der Waals surface area contributed by atoms with E-state index >= 15 is 0 Å². The third-order valence-corrected chi connectivity index (χ3v) is 5.95. The Morgan fingerprint density at radius 3 is 2.39 bits per heavy atom. The van der Waals surface area contributed by atoms with Crippen LogP contribution in [0.5, 0.6) is 0 Å². The van der Waals surface area contributed by atoms with Gasteiger partial charge in [0.25, 0.3) is 0 Å². The molecule has 31 heavy (non-hydrogen) atoms. The molecule has 1 heterocycles. The van der Waals surface area contributed by atoms with E-state index in [-0.39, 0.29) is 0 Å². The predicted molar refractivity (Wildman–Crippen MR) is 133 cm³/mol. The maximum absolute atomic E-state index is 4.97. The van der Waals surface area contributed by atoms with Crippen molar-refractivity contribution < 1.29 is 0 Å². The van der Waals surface area contributed by atoms with Crippen molar-refractivity contribution in [2.45, 2.75) is 66.8 Å². The third kappa shape index (κ3) is 6.10. The fourth-order valence-corrected chi connectivity index (χ4v) is 3.96. The van der Waals surface area contributed by atoms with Crippen molar-refractivity contribution in [3.63, 3.8) is 0 Å². The molecule has 0 amide bonds. The van der Waals surface area contributed by atoms with Gasteiger partial charge in [0.1, 0.15) is 0 Å². The summed E-state index contributed by atoms with van der Waals surface area (Å²) in [6.45, 7) is 17.0. The molecule has 0 aliphatic heterocycles. The van der Waals surface area contributed by atoms with Gasteiger partial charge in [-0.25, -0.2) is 0 Å². The lowest BCUT2D eigenvalue weighted by Gasteiger charge is -2.24. The molecular weight excluding hydrogens is 378 g/mol. The van der Waals surface area contributed by atoms with Crippen LogP contribution in [0.1, 0.15) is 59.7 Å². The minimum Gasteiger partial charge on any atom is -0.329 e. The van der Waals surface area contributed by atoms with Crippen molar-refractivity contribution in [3.05, 3.63) is 94.3 Å². The van der Waals surface area contributed by atoms with E-state index in [0.717, 1.165) is 50.3 Å². The Balaban J connectivity index is 1.68. The summed E-state index contributed by atoms with van der Waals surface area (Å²) in [6.07, 6.45) is 4.24. The van der Waals surface area contributed by atoms with E-state index in [1.807, 2.05) is 0 Å². The first-order valence-electron chi connectivity index (χ1n) is 11.5. The highest BCUT2D eigenvalue weighted by Crippen LogP contribution is 2.23. The van der Waals surface area contributed by atoms with E-state index in [4.69, 9.17) is 5.10 Å². The molecule has 0 spiro atoms. The molecule has 3 heteroatoms. The van der Waals surface area contributed by atoms with Crippen molar-refractivity contribution in [2.24, 2.45) is 0 Å². The number of anilines is 1. The lowest BCUT2D eigenvalue weighted by molar-refractivity contribution is 0.654. The summed E-state index contributed by atoms with van der Waals surface area (Å²) in [7, 11) is 0. The van der Waals surface area contributed by atoms with Gasteiger partial charge in [-0.1, -0.05) is 67.1 Å². The van der Waals surface area contributed by atoms with Crippen molar-refractivity contribution >= 4 is 5.82 Å². The summed E-state index contributed by atoms with van der Waals surface area (Å²) in [6, 6.07) is 17.7. The molecule has 3 aromatic rings. The smallest absolute Gasteiger partial charge is 0.155 e. The molecule has 0 fully saturated rings. The fraction of sp³-hybridized carbons (Fsp3) is 0.393. The standard InChI is InChI=1S/C28H37N3/c1-7-17-30(24(5)9-8-10-26-15-12-21(2)13-16-26)28-19-25(6)31(29-28)20-27-18-22(3)11-14-23(27)4/h11-16,18-19H,5,7-10,17,20H2,1-4,6H3. The highest BCUT2D eigenvalue weighted by Gasteiger charge is 2.15. The average molecular weight is 416 g/mol. The van der Waals surface area contributed by atoms with Gasteiger partial charge in [0.05, 0.1) is 6.54 Å². The molecule has 2 aromatic carbocycles. The molecule has 0 atom stereocenters. The molecule has 1 aromatic heterocycles. The van der Waals surface area contributed by atoms with Crippen LogP contribution < -0.4 is 4.90 Å². The maximum Gasteiger partial charge on any atom is 0.155 e. The molecule has 0 unspecified atom stereocenters. The van der Waals surface area contributed by atoms with Crippen LogP contribution in [0.4, 0.5) is 5.82 Å². The summed E-state index contributed by atoms with van der Waals surface area (Å²) in [5, 5.41) is 4.97. The van der Waals surface area contributed by atoms with Crippen molar-refractivity contribution in [3.8, 4) is 0 Å². The molecule has 0 radical (unpaired) electrons. The molecular formula is C28H37N3. The largest absolute Gasteiger partial charge is 0.329 e. The van der Waals surface area contributed by atoms with E-state index in [0.29, 0.717) is 0 Å². The van der Waals surface area contributed by atoms with Crippen molar-refractivity contribution in [1.29, 1.82) is 0 Å².